The summed E-state index contributed by atoms with van der Waals surface area (Å²) in [6.07, 6.45) is 1.57. The molecule has 1 aliphatic heterocycles. The van der Waals surface area contributed by atoms with E-state index in [-0.39, 0.29) is 12.0 Å². The Bertz CT molecular complexity index is 1020. The van der Waals surface area contributed by atoms with Crippen LogP contribution in [0.1, 0.15) is 35.7 Å². The lowest BCUT2D eigenvalue weighted by Crippen LogP contribution is -2.32. The summed E-state index contributed by atoms with van der Waals surface area (Å²) in [6, 6.07) is 13.6. The Kier molecular flexibility index (Phi) is 4.62. The van der Waals surface area contributed by atoms with E-state index in [4.69, 9.17) is 4.84 Å². The molecule has 3 aromatic rings. The van der Waals surface area contributed by atoms with Crippen molar-refractivity contribution in [1.82, 2.24) is 15.5 Å². The predicted molar refractivity (Wildman–Crippen MR) is 106 cm³/mol. The monoisotopic (exact) mass is 362 g/mol. The second-order valence-electron chi connectivity index (χ2n) is 6.80. The van der Waals surface area contributed by atoms with Crippen LogP contribution >= 0.6 is 0 Å². The van der Waals surface area contributed by atoms with Crippen LogP contribution in [0.3, 0.4) is 0 Å². The number of fused-ring (bicyclic) bond motifs is 1. The van der Waals surface area contributed by atoms with Crippen molar-refractivity contribution < 1.29 is 9.63 Å². The minimum absolute atomic E-state index is 0.0787. The van der Waals surface area contributed by atoms with Gasteiger partial charge < -0.3 is 10.2 Å². The van der Waals surface area contributed by atoms with Crippen molar-refractivity contribution in [3.63, 3.8) is 0 Å². The number of aryl methyl sites for hydroxylation is 1. The summed E-state index contributed by atoms with van der Waals surface area (Å²) < 4.78 is 0. The van der Waals surface area contributed by atoms with Crippen LogP contribution in [-0.4, -0.2) is 34.5 Å². The van der Waals surface area contributed by atoms with Gasteiger partial charge in [-0.15, -0.1) is 0 Å². The summed E-state index contributed by atoms with van der Waals surface area (Å²) >= 11 is 0. The van der Waals surface area contributed by atoms with E-state index >= 15 is 0 Å². The second-order valence-corrected chi connectivity index (χ2v) is 6.80. The molecule has 2 N–H and O–H groups in total. The Balaban J connectivity index is 1.51. The molecule has 0 aliphatic carbocycles. The highest BCUT2D eigenvalue weighted by Crippen LogP contribution is 2.29. The molecule has 27 heavy (non-hydrogen) atoms. The number of oxime groups is 1. The third-order valence-corrected chi connectivity index (χ3v) is 4.89. The number of aromatic nitrogens is 2. The molecule has 1 amide bonds. The minimum atomic E-state index is -0.123. The number of nitrogens with one attached hydrogen (secondary N) is 2. The van der Waals surface area contributed by atoms with Crippen molar-refractivity contribution >= 4 is 22.5 Å². The Morgan fingerprint density at radius 1 is 1.30 bits per heavy atom. The quantitative estimate of drug-likeness (QED) is 0.724. The molecule has 4 rings (SSSR count). The van der Waals surface area contributed by atoms with Crippen LogP contribution in [0.15, 0.2) is 47.6 Å². The lowest BCUT2D eigenvalue weighted by Gasteiger charge is -2.10. The van der Waals surface area contributed by atoms with Gasteiger partial charge in [0.2, 0.25) is 0 Å². The first-order valence-corrected chi connectivity index (χ1v) is 9.19. The van der Waals surface area contributed by atoms with E-state index in [9.17, 15) is 4.79 Å². The molecule has 1 aliphatic rings. The van der Waals surface area contributed by atoms with Crippen molar-refractivity contribution in [2.75, 3.05) is 6.54 Å². The van der Waals surface area contributed by atoms with Crippen LogP contribution in [0, 0.1) is 6.92 Å². The van der Waals surface area contributed by atoms with Gasteiger partial charge in [0.25, 0.3) is 5.91 Å². The Hall–Kier alpha value is -3.15. The van der Waals surface area contributed by atoms with Crippen molar-refractivity contribution in [2.24, 2.45) is 5.16 Å². The van der Waals surface area contributed by atoms with Gasteiger partial charge in [0.1, 0.15) is 11.8 Å². The number of carbonyl (C=O) groups excluding carboxylic acids is 1. The first-order valence-electron chi connectivity index (χ1n) is 9.19. The number of benzene rings is 2. The van der Waals surface area contributed by atoms with Crippen LogP contribution in [0.4, 0.5) is 0 Å². The fourth-order valence-corrected chi connectivity index (χ4v) is 3.38. The highest BCUT2D eigenvalue weighted by atomic mass is 16.6. The second kappa shape index (κ2) is 7.23. The average Bonchev–Trinajstić information content (AvgIpc) is 3.34. The molecule has 1 atom stereocenters. The summed E-state index contributed by atoms with van der Waals surface area (Å²) in [4.78, 5) is 17.9. The van der Waals surface area contributed by atoms with E-state index in [1.165, 1.54) is 0 Å². The number of hydrogen-bond donors (Lipinski definition) is 2. The summed E-state index contributed by atoms with van der Waals surface area (Å²) in [5.41, 5.74) is 5.56. The van der Waals surface area contributed by atoms with Crippen molar-refractivity contribution in [3.05, 3.63) is 53.6 Å². The van der Waals surface area contributed by atoms with Gasteiger partial charge >= 0.3 is 0 Å². The van der Waals surface area contributed by atoms with Crippen molar-refractivity contribution in [2.45, 2.75) is 32.8 Å². The van der Waals surface area contributed by atoms with Crippen LogP contribution in [-0.2, 0) is 4.84 Å². The molecule has 0 spiro atoms. The highest BCUT2D eigenvalue weighted by Gasteiger charge is 2.21. The summed E-state index contributed by atoms with van der Waals surface area (Å²) in [7, 11) is 0. The van der Waals surface area contributed by atoms with Crippen molar-refractivity contribution in [3.8, 4) is 11.3 Å². The van der Waals surface area contributed by atoms with Gasteiger partial charge in [0.15, 0.2) is 0 Å². The Morgan fingerprint density at radius 3 is 2.96 bits per heavy atom. The number of H-pyrrole nitrogens is 1. The van der Waals surface area contributed by atoms with E-state index in [1.54, 1.807) is 0 Å². The largest absolute Gasteiger partial charge is 0.390 e. The van der Waals surface area contributed by atoms with Gasteiger partial charge in [-0.3, -0.25) is 9.89 Å². The van der Waals surface area contributed by atoms with Crippen LogP contribution < -0.4 is 5.32 Å². The molecule has 2 heterocycles. The van der Waals surface area contributed by atoms with E-state index in [0.29, 0.717) is 12.1 Å². The van der Waals surface area contributed by atoms with E-state index in [2.05, 4.69) is 40.6 Å². The number of carbonyl (C=O) groups is 1. The average molecular weight is 362 g/mol. The fraction of sp³-hybridized carbons (Fsp3) is 0.286. The molecule has 0 saturated carbocycles. The van der Waals surface area contributed by atoms with Crippen LogP contribution in [0.5, 0.6) is 0 Å². The van der Waals surface area contributed by atoms with E-state index in [1.807, 2.05) is 36.4 Å². The van der Waals surface area contributed by atoms with Gasteiger partial charge in [0.05, 0.1) is 17.8 Å². The Morgan fingerprint density at radius 2 is 2.15 bits per heavy atom. The normalized spacial score (nSPS) is 16.2. The number of aromatic amines is 1. The molecule has 1 aromatic heterocycles. The standard InChI is InChI=1S/C21H22N4O2/c1-3-16-11-17(27-25-16)12-22-21(26)15-8-5-7-14(10-15)20-19-13(2)6-4-9-18(19)23-24-20/h4-10,17H,3,11-12H2,1-2H3,(H,22,26)(H,23,24)/t17-/m1/s1. The number of amides is 1. The zero-order valence-electron chi connectivity index (χ0n) is 15.5. The van der Waals surface area contributed by atoms with Gasteiger partial charge in [-0.1, -0.05) is 36.3 Å². The molecule has 2 aromatic carbocycles. The molecular formula is C21H22N4O2. The SMILES string of the molecule is CCC1=NO[C@@H](CNC(=O)c2cccc(-c3n[nH]c4cccc(C)c34)c2)C1. The molecule has 6 nitrogen and oxygen atoms in total. The van der Waals surface area contributed by atoms with Gasteiger partial charge in [-0.25, -0.2) is 0 Å². The maximum absolute atomic E-state index is 12.6. The molecule has 138 valence electrons. The molecule has 6 heteroatoms. The summed E-state index contributed by atoms with van der Waals surface area (Å²) in [5.74, 6) is -0.123. The minimum Gasteiger partial charge on any atom is -0.390 e. The highest BCUT2D eigenvalue weighted by molar-refractivity contribution is 5.99. The van der Waals surface area contributed by atoms with E-state index < -0.39 is 0 Å². The van der Waals surface area contributed by atoms with Crippen LogP contribution in [0.2, 0.25) is 0 Å². The number of nitrogens with zero attached hydrogens (tertiary/aromatic N) is 2. The molecular weight excluding hydrogens is 340 g/mol. The molecule has 0 saturated heterocycles. The molecule has 0 fully saturated rings. The zero-order valence-corrected chi connectivity index (χ0v) is 15.5. The maximum Gasteiger partial charge on any atom is 0.251 e. The zero-order chi connectivity index (χ0) is 18.8. The molecule has 0 unspecified atom stereocenters. The third kappa shape index (κ3) is 3.43. The topological polar surface area (TPSA) is 79.4 Å². The first-order chi connectivity index (χ1) is 13.2. The lowest BCUT2D eigenvalue weighted by atomic mass is 10.0. The predicted octanol–water partition coefficient (Wildman–Crippen LogP) is 3.82. The van der Waals surface area contributed by atoms with Crippen molar-refractivity contribution in [1.29, 1.82) is 0 Å². The number of rotatable bonds is 5. The smallest absolute Gasteiger partial charge is 0.251 e. The van der Waals surface area contributed by atoms with Gasteiger partial charge in [-0.2, -0.15) is 5.10 Å². The summed E-state index contributed by atoms with van der Waals surface area (Å²) in [6.45, 7) is 4.56. The maximum atomic E-state index is 12.6. The first kappa shape index (κ1) is 17.3. The lowest BCUT2D eigenvalue weighted by molar-refractivity contribution is 0.0753. The number of hydrogen-bond acceptors (Lipinski definition) is 4. The third-order valence-electron chi connectivity index (χ3n) is 4.89. The fourth-order valence-electron chi connectivity index (χ4n) is 3.38. The van der Waals surface area contributed by atoms with Gasteiger partial charge in [-0.05, 0) is 37.1 Å². The Labute approximate surface area is 157 Å². The van der Waals surface area contributed by atoms with E-state index in [0.717, 1.165) is 46.3 Å². The van der Waals surface area contributed by atoms with Crippen LogP contribution in [0.25, 0.3) is 22.2 Å². The summed E-state index contributed by atoms with van der Waals surface area (Å²) in [5, 5.41) is 15.6. The molecule has 0 radical (unpaired) electrons. The molecule has 0 bridgehead atoms. The van der Waals surface area contributed by atoms with Gasteiger partial charge in [0, 0.05) is 22.9 Å².